The Morgan fingerprint density at radius 3 is 2.68 bits per heavy atom. The Morgan fingerprint density at radius 1 is 1.47 bits per heavy atom. The van der Waals surface area contributed by atoms with E-state index in [1.165, 1.54) is 25.3 Å². The fraction of sp³-hybridized carbons (Fsp3) is 0.333. The monoisotopic (exact) mass is 287 g/mol. The number of benzene rings is 1. The highest BCUT2D eigenvalue weighted by Gasteiger charge is 2.14. The predicted octanol–water partition coefficient (Wildman–Crippen LogP) is 1.27. The molecule has 1 atom stereocenters. The molecule has 0 aromatic heterocycles. The summed E-state index contributed by atoms with van der Waals surface area (Å²) in [6, 6.07) is 4.04. The van der Waals surface area contributed by atoms with E-state index >= 15 is 0 Å². The number of ether oxygens (including phenoxy) is 1. The third kappa shape index (κ3) is 4.76. The number of phenols is 1. The van der Waals surface area contributed by atoms with Gasteiger partial charge in [-0.15, -0.1) is 0 Å². The van der Waals surface area contributed by atoms with E-state index in [1.807, 2.05) is 0 Å². The second-order valence-corrected chi connectivity index (χ2v) is 4.24. The number of nitrogens with one attached hydrogen (secondary N) is 1. The van der Waals surface area contributed by atoms with E-state index in [-0.39, 0.29) is 29.3 Å². The minimum Gasteiger partial charge on any atom is -0.506 e. The van der Waals surface area contributed by atoms with Gasteiger partial charge in [0.25, 0.3) is 5.91 Å². The molecule has 19 heavy (non-hydrogen) atoms. The first kappa shape index (κ1) is 15.3. The van der Waals surface area contributed by atoms with Crippen LogP contribution in [0.2, 0.25) is 5.02 Å². The average Bonchev–Trinajstić information content (AvgIpc) is 2.36. The van der Waals surface area contributed by atoms with Crippen molar-refractivity contribution in [3.8, 4) is 5.75 Å². The van der Waals surface area contributed by atoms with Crippen molar-refractivity contribution in [1.29, 1.82) is 0 Å². The highest BCUT2D eigenvalue weighted by atomic mass is 35.5. The number of carboxylic acid groups (broad SMARTS) is 1. The summed E-state index contributed by atoms with van der Waals surface area (Å²) in [5.74, 6) is -1.54. The highest BCUT2D eigenvalue weighted by Crippen LogP contribution is 2.23. The molecule has 1 unspecified atom stereocenters. The zero-order valence-corrected chi connectivity index (χ0v) is 11.0. The SMILES string of the molecule is COC(CNC(=O)c1ccc(O)c(Cl)c1)CC(=O)O. The first-order chi connectivity index (χ1) is 8.93. The molecule has 1 aromatic carbocycles. The van der Waals surface area contributed by atoms with Crippen LogP contribution >= 0.6 is 11.6 Å². The van der Waals surface area contributed by atoms with E-state index in [4.69, 9.17) is 21.4 Å². The topological polar surface area (TPSA) is 95.9 Å². The molecule has 0 aliphatic rings. The van der Waals surface area contributed by atoms with Crippen LogP contribution in [0.15, 0.2) is 18.2 Å². The summed E-state index contributed by atoms with van der Waals surface area (Å²) < 4.78 is 4.93. The summed E-state index contributed by atoms with van der Waals surface area (Å²) in [7, 11) is 1.37. The van der Waals surface area contributed by atoms with Crippen molar-refractivity contribution < 1.29 is 24.5 Å². The third-order valence-electron chi connectivity index (χ3n) is 2.44. The Morgan fingerprint density at radius 2 is 2.16 bits per heavy atom. The summed E-state index contributed by atoms with van der Waals surface area (Å²) in [4.78, 5) is 22.3. The molecule has 3 N–H and O–H groups in total. The molecule has 0 radical (unpaired) electrons. The summed E-state index contributed by atoms with van der Waals surface area (Å²) in [5.41, 5.74) is 0.271. The predicted molar refractivity (Wildman–Crippen MR) is 68.5 cm³/mol. The highest BCUT2D eigenvalue weighted by molar-refractivity contribution is 6.32. The Bertz CT molecular complexity index is 477. The standard InChI is InChI=1S/C12H14ClNO5/c1-19-8(5-11(16)17)6-14-12(18)7-2-3-10(15)9(13)4-7/h2-4,8,15H,5-6H2,1H3,(H,14,18)(H,16,17). The molecule has 6 nitrogen and oxygen atoms in total. The summed E-state index contributed by atoms with van der Waals surface area (Å²) in [6.07, 6.45) is -0.804. The largest absolute Gasteiger partial charge is 0.506 e. The first-order valence-corrected chi connectivity index (χ1v) is 5.83. The van der Waals surface area contributed by atoms with Crippen LogP contribution in [0, 0.1) is 0 Å². The van der Waals surface area contributed by atoms with Crippen molar-refractivity contribution in [2.75, 3.05) is 13.7 Å². The number of methoxy groups -OCH3 is 1. The third-order valence-corrected chi connectivity index (χ3v) is 2.74. The van der Waals surface area contributed by atoms with Gasteiger partial charge in [0.2, 0.25) is 0 Å². The van der Waals surface area contributed by atoms with Crippen molar-refractivity contribution in [3.63, 3.8) is 0 Å². The first-order valence-electron chi connectivity index (χ1n) is 5.45. The van der Waals surface area contributed by atoms with E-state index in [1.54, 1.807) is 0 Å². The molecule has 0 fully saturated rings. The number of rotatable bonds is 6. The fourth-order valence-electron chi connectivity index (χ4n) is 1.39. The Hall–Kier alpha value is -1.79. The number of carbonyl (C=O) groups excluding carboxylic acids is 1. The van der Waals surface area contributed by atoms with Crippen molar-refractivity contribution in [2.24, 2.45) is 0 Å². The van der Waals surface area contributed by atoms with Gasteiger partial charge in [0.1, 0.15) is 5.75 Å². The average molecular weight is 288 g/mol. The number of hydrogen-bond acceptors (Lipinski definition) is 4. The number of carbonyl (C=O) groups is 2. The lowest BCUT2D eigenvalue weighted by Crippen LogP contribution is -2.34. The molecule has 0 saturated carbocycles. The molecule has 0 aliphatic carbocycles. The van der Waals surface area contributed by atoms with Gasteiger partial charge >= 0.3 is 5.97 Å². The number of aliphatic carboxylic acids is 1. The minimum absolute atomic E-state index is 0.0696. The van der Waals surface area contributed by atoms with E-state index in [2.05, 4.69) is 5.32 Å². The molecular weight excluding hydrogens is 274 g/mol. The number of carboxylic acids is 1. The van der Waals surface area contributed by atoms with Gasteiger partial charge in [-0.05, 0) is 18.2 Å². The van der Waals surface area contributed by atoms with Gasteiger partial charge in [0.05, 0.1) is 17.5 Å². The number of hydrogen-bond donors (Lipinski definition) is 3. The quantitative estimate of drug-likeness (QED) is 0.732. The molecule has 0 spiro atoms. The Labute approximate surface area is 114 Å². The van der Waals surface area contributed by atoms with E-state index < -0.39 is 18.0 Å². The number of amides is 1. The van der Waals surface area contributed by atoms with Crippen molar-refractivity contribution >= 4 is 23.5 Å². The normalized spacial score (nSPS) is 11.9. The van der Waals surface area contributed by atoms with Gasteiger partial charge < -0.3 is 20.3 Å². The zero-order chi connectivity index (χ0) is 14.4. The van der Waals surface area contributed by atoms with Crippen molar-refractivity contribution in [2.45, 2.75) is 12.5 Å². The van der Waals surface area contributed by atoms with Crippen LogP contribution in [-0.2, 0) is 9.53 Å². The molecule has 0 saturated heterocycles. The Balaban J connectivity index is 2.59. The maximum absolute atomic E-state index is 11.8. The zero-order valence-electron chi connectivity index (χ0n) is 10.2. The molecule has 0 aliphatic heterocycles. The van der Waals surface area contributed by atoms with Crippen LogP contribution in [0.3, 0.4) is 0 Å². The van der Waals surface area contributed by atoms with Crippen LogP contribution in [0.1, 0.15) is 16.8 Å². The lowest BCUT2D eigenvalue weighted by molar-refractivity contribution is -0.139. The van der Waals surface area contributed by atoms with Crippen LogP contribution in [-0.4, -0.2) is 41.8 Å². The van der Waals surface area contributed by atoms with Gasteiger partial charge in [-0.2, -0.15) is 0 Å². The Kier molecular flexibility index (Phi) is 5.59. The summed E-state index contributed by atoms with van der Waals surface area (Å²) >= 11 is 5.68. The molecular formula is C12H14ClNO5. The maximum Gasteiger partial charge on any atom is 0.306 e. The van der Waals surface area contributed by atoms with Gasteiger partial charge in [-0.1, -0.05) is 11.6 Å². The molecule has 1 aromatic rings. The van der Waals surface area contributed by atoms with Crippen LogP contribution < -0.4 is 5.32 Å². The second-order valence-electron chi connectivity index (χ2n) is 3.83. The molecule has 0 bridgehead atoms. The summed E-state index contributed by atoms with van der Waals surface area (Å²) in [5, 5.41) is 20.5. The lowest BCUT2D eigenvalue weighted by Gasteiger charge is -2.14. The van der Waals surface area contributed by atoms with E-state index in [0.29, 0.717) is 0 Å². The number of phenolic OH excluding ortho intramolecular Hbond substituents is 1. The van der Waals surface area contributed by atoms with Crippen molar-refractivity contribution in [1.82, 2.24) is 5.32 Å². The molecule has 1 rings (SSSR count). The van der Waals surface area contributed by atoms with E-state index in [9.17, 15) is 14.7 Å². The number of halogens is 1. The van der Waals surface area contributed by atoms with Gasteiger partial charge in [0.15, 0.2) is 0 Å². The van der Waals surface area contributed by atoms with Crippen LogP contribution in [0.25, 0.3) is 0 Å². The summed E-state index contributed by atoms with van der Waals surface area (Å²) in [6.45, 7) is 0.0696. The minimum atomic E-state index is -1.01. The molecule has 0 heterocycles. The lowest BCUT2D eigenvalue weighted by atomic mass is 10.2. The molecule has 1 amide bonds. The van der Waals surface area contributed by atoms with E-state index in [0.717, 1.165) is 0 Å². The van der Waals surface area contributed by atoms with Crippen molar-refractivity contribution in [3.05, 3.63) is 28.8 Å². The van der Waals surface area contributed by atoms with Crippen LogP contribution in [0.5, 0.6) is 5.75 Å². The van der Waals surface area contributed by atoms with Gasteiger partial charge in [-0.25, -0.2) is 0 Å². The molecule has 104 valence electrons. The number of aromatic hydroxyl groups is 1. The fourth-order valence-corrected chi connectivity index (χ4v) is 1.57. The van der Waals surface area contributed by atoms with Gasteiger partial charge in [-0.3, -0.25) is 9.59 Å². The maximum atomic E-state index is 11.8. The smallest absolute Gasteiger partial charge is 0.306 e. The van der Waals surface area contributed by atoms with Gasteiger partial charge in [0, 0.05) is 19.2 Å². The van der Waals surface area contributed by atoms with Crippen LogP contribution in [0.4, 0.5) is 0 Å². The second kappa shape index (κ2) is 6.96. The molecule has 7 heteroatoms.